The van der Waals surface area contributed by atoms with Gasteiger partial charge in [-0.25, -0.2) is 4.98 Å². The van der Waals surface area contributed by atoms with Gasteiger partial charge in [-0.2, -0.15) is 0 Å². The van der Waals surface area contributed by atoms with E-state index >= 15 is 0 Å². The molecule has 112 valence electrons. The Labute approximate surface area is 125 Å². The Morgan fingerprint density at radius 1 is 1.60 bits per heavy atom. The zero-order chi connectivity index (χ0) is 14.9. The van der Waals surface area contributed by atoms with Crippen molar-refractivity contribution >= 4 is 22.8 Å². The average molecular weight is 296 g/mol. The Morgan fingerprint density at radius 2 is 2.30 bits per heavy atom. The number of rotatable bonds is 4. The minimum absolute atomic E-state index is 0.175. The molecule has 0 aliphatic carbocycles. The van der Waals surface area contributed by atoms with Gasteiger partial charge in [-0.3, -0.25) is 4.79 Å². The molecule has 1 saturated heterocycles. The Balaban J connectivity index is 2.28. The Morgan fingerprint density at radius 3 is 2.85 bits per heavy atom. The Hall–Kier alpha value is -0.940. The number of carbonyl (C=O) groups is 1. The number of morpholine rings is 1. The molecule has 0 radical (unpaired) electrons. The maximum Gasteiger partial charge on any atom is 0.186 e. The second-order valence-corrected chi connectivity index (χ2v) is 7.25. The lowest BCUT2D eigenvalue weighted by atomic mass is 10.0. The van der Waals surface area contributed by atoms with E-state index in [4.69, 9.17) is 9.72 Å². The topological polar surface area (TPSA) is 42.4 Å². The molecular weight excluding hydrogens is 272 g/mol. The quantitative estimate of drug-likeness (QED) is 0.798. The van der Waals surface area contributed by atoms with Crippen molar-refractivity contribution in [1.82, 2.24) is 4.98 Å². The van der Waals surface area contributed by atoms with Gasteiger partial charge >= 0.3 is 0 Å². The van der Waals surface area contributed by atoms with Crippen molar-refractivity contribution in [2.75, 3.05) is 18.0 Å². The van der Waals surface area contributed by atoms with E-state index in [1.165, 1.54) is 11.3 Å². The van der Waals surface area contributed by atoms with Crippen LogP contribution in [0, 0.1) is 0 Å². The third-order valence-corrected chi connectivity index (χ3v) is 4.75. The first-order valence-electron chi connectivity index (χ1n) is 7.25. The fourth-order valence-electron chi connectivity index (χ4n) is 2.70. The van der Waals surface area contributed by atoms with Gasteiger partial charge in [0.25, 0.3) is 0 Å². The molecule has 2 rings (SSSR count). The van der Waals surface area contributed by atoms with Crippen LogP contribution >= 0.6 is 11.3 Å². The largest absolute Gasteiger partial charge is 0.369 e. The van der Waals surface area contributed by atoms with E-state index in [2.05, 4.69) is 39.5 Å². The van der Waals surface area contributed by atoms with E-state index in [-0.39, 0.29) is 11.7 Å². The van der Waals surface area contributed by atoms with Crippen LogP contribution in [-0.2, 0) is 4.74 Å². The molecular formula is C15H24N2O2S. The second-order valence-electron chi connectivity index (χ2n) is 6.24. The van der Waals surface area contributed by atoms with E-state index in [0.717, 1.165) is 41.5 Å². The molecule has 1 aliphatic heterocycles. The fraction of sp³-hybridized carbons (Fsp3) is 0.733. The monoisotopic (exact) mass is 296 g/mol. The minimum Gasteiger partial charge on any atom is -0.369 e. The maximum atomic E-state index is 11.3. The number of carbonyl (C=O) groups excluding carboxylic acids is 1. The van der Waals surface area contributed by atoms with Crippen molar-refractivity contribution in [3.8, 4) is 0 Å². The SMILES string of the molecule is CCC(C)c1nc(N2CC(C)OC(C)(C)C2)sc1C=O. The summed E-state index contributed by atoms with van der Waals surface area (Å²) in [6.45, 7) is 12.2. The number of nitrogens with zero attached hydrogens (tertiary/aromatic N) is 2. The van der Waals surface area contributed by atoms with Gasteiger partial charge in [0.15, 0.2) is 11.4 Å². The van der Waals surface area contributed by atoms with Gasteiger partial charge in [0.2, 0.25) is 0 Å². The van der Waals surface area contributed by atoms with Crippen molar-refractivity contribution in [3.63, 3.8) is 0 Å². The van der Waals surface area contributed by atoms with Crippen LogP contribution < -0.4 is 4.90 Å². The summed E-state index contributed by atoms with van der Waals surface area (Å²) < 4.78 is 5.92. The van der Waals surface area contributed by atoms with Gasteiger partial charge in [0, 0.05) is 13.1 Å². The minimum atomic E-state index is -0.179. The molecule has 5 heteroatoms. The zero-order valence-electron chi connectivity index (χ0n) is 13.0. The lowest BCUT2D eigenvalue weighted by Crippen LogP contribution is -2.52. The number of ether oxygens (including phenoxy) is 1. The van der Waals surface area contributed by atoms with Crippen LogP contribution in [0.2, 0.25) is 0 Å². The molecule has 0 spiro atoms. The first-order chi connectivity index (χ1) is 9.36. The first-order valence-corrected chi connectivity index (χ1v) is 8.06. The average Bonchev–Trinajstić information content (AvgIpc) is 2.79. The maximum absolute atomic E-state index is 11.3. The number of anilines is 1. The van der Waals surface area contributed by atoms with E-state index in [1.807, 2.05) is 0 Å². The Bertz CT molecular complexity index is 484. The molecule has 0 amide bonds. The summed E-state index contributed by atoms with van der Waals surface area (Å²) in [5.41, 5.74) is 0.765. The van der Waals surface area contributed by atoms with Crippen molar-refractivity contribution in [2.24, 2.45) is 0 Å². The van der Waals surface area contributed by atoms with Gasteiger partial charge in [-0.15, -0.1) is 0 Å². The van der Waals surface area contributed by atoms with E-state index < -0.39 is 0 Å². The molecule has 0 aromatic carbocycles. The van der Waals surface area contributed by atoms with Gasteiger partial charge < -0.3 is 9.64 Å². The molecule has 2 atom stereocenters. The molecule has 1 aliphatic rings. The highest BCUT2D eigenvalue weighted by Crippen LogP contribution is 2.33. The van der Waals surface area contributed by atoms with Crippen LogP contribution in [0.1, 0.15) is 62.3 Å². The normalized spacial score (nSPS) is 23.6. The predicted molar refractivity (Wildman–Crippen MR) is 83.0 cm³/mol. The summed E-state index contributed by atoms with van der Waals surface area (Å²) in [5.74, 6) is 0.326. The number of aromatic nitrogens is 1. The number of aldehydes is 1. The Kier molecular flexibility index (Phi) is 4.49. The smallest absolute Gasteiger partial charge is 0.186 e. The number of thiazole rings is 1. The van der Waals surface area contributed by atoms with E-state index in [9.17, 15) is 4.79 Å². The third-order valence-electron chi connectivity index (χ3n) is 3.70. The highest BCUT2D eigenvalue weighted by atomic mass is 32.1. The first kappa shape index (κ1) is 15.4. The van der Waals surface area contributed by atoms with E-state index in [0.29, 0.717) is 5.92 Å². The van der Waals surface area contributed by atoms with Crippen LogP contribution in [0.3, 0.4) is 0 Å². The molecule has 0 N–H and O–H groups in total. The molecule has 1 aromatic rings. The molecule has 0 saturated carbocycles. The molecule has 4 nitrogen and oxygen atoms in total. The van der Waals surface area contributed by atoms with E-state index in [1.54, 1.807) is 0 Å². The molecule has 2 heterocycles. The summed E-state index contributed by atoms with van der Waals surface area (Å²) in [4.78, 5) is 19.0. The lowest BCUT2D eigenvalue weighted by Gasteiger charge is -2.41. The highest BCUT2D eigenvalue weighted by molar-refractivity contribution is 7.17. The second kappa shape index (κ2) is 5.82. The van der Waals surface area contributed by atoms with Crippen molar-refractivity contribution in [2.45, 2.75) is 58.7 Å². The van der Waals surface area contributed by atoms with Crippen LogP contribution in [-0.4, -0.2) is 36.1 Å². The molecule has 1 fully saturated rings. The summed E-state index contributed by atoms with van der Waals surface area (Å²) in [6, 6.07) is 0. The molecule has 1 aromatic heterocycles. The lowest BCUT2D eigenvalue weighted by molar-refractivity contribution is -0.0749. The fourth-order valence-corrected chi connectivity index (χ4v) is 3.71. The van der Waals surface area contributed by atoms with Gasteiger partial charge in [0.1, 0.15) is 0 Å². The molecule has 20 heavy (non-hydrogen) atoms. The predicted octanol–water partition coefficient (Wildman–Crippen LogP) is 3.47. The summed E-state index contributed by atoms with van der Waals surface area (Å²) in [5, 5.41) is 0.950. The molecule has 2 unspecified atom stereocenters. The standard InChI is InChI=1S/C15H24N2O2S/c1-6-10(2)13-12(8-18)20-14(16-13)17-7-11(3)19-15(4,5)9-17/h8,10-11H,6-7,9H2,1-5H3. The zero-order valence-corrected chi connectivity index (χ0v) is 13.8. The van der Waals surface area contributed by atoms with Crippen LogP contribution in [0.5, 0.6) is 0 Å². The van der Waals surface area contributed by atoms with Crippen molar-refractivity contribution in [1.29, 1.82) is 0 Å². The summed E-state index contributed by atoms with van der Waals surface area (Å²) in [7, 11) is 0. The van der Waals surface area contributed by atoms with Gasteiger partial charge in [-0.1, -0.05) is 25.2 Å². The number of hydrogen-bond acceptors (Lipinski definition) is 5. The molecule has 0 bridgehead atoms. The van der Waals surface area contributed by atoms with Crippen LogP contribution in [0.15, 0.2) is 0 Å². The summed E-state index contributed by atoms with van der Waals surface area (Å²) >= 11 is 1.50. The highest BCUT2D eigenvalue weighted by Gasteiger charge is 2.33. The van der Waals surface area contributed by atoms with Gasteiger partial charge in [0.05, 0.1) is 22.3 Å². The number of hydrogen-bond donors (Lipinski definition) is 0. The van der Waals surface area contributed by atoms with Crippen LogP contribution in [0.4, 0.5) is 5.13 Å². The van der Waals surface area contributed by atoms with Crippen molar-refractivity contribution in [3.05, 3.63) is 10.6 Å². The van der Waals surface area contributed by atoms with Crippen LogP contribution in [0.25, 0.3) is 0 Å². The van der Waals surface area contributed by atoms with Crippen molar-refractivity contribution < 1.29 is 9.53 Å². The third kappa shape index (κ3) is 3.20. The van der Waals surface area contributed by atoms with Gasteiger partial charge in [-0.05, 0) is 33.1 Å². The summed E-state index contributed by atoms with van der Waals surface area (Å²) in [6.07, 6.45) is 2.11.